The molecule has 4 saturated carbocycles. The molecule has 0 aromatic rings. The fraction of sp³-hybridized carbons (Fsp3) is 0.963. The number of hydrogen-bond acceptors (Lipinski definition) is 2. The smallest absolute Gasteiger partial charge is 0.303 e. The molecule has 4 aliphatic rings. The Morgan fingerprint density at radius 3 is 2.50 bits per heavy atom. The first kappa shape index (κ1) is 22.6. The number of carboxylic acids is 1. The summed E-state index contributed by atoms with van der Waals surface area (Å²) in [4.78, 5) is 11.1. The third kappa shape index (κ3) is 3.86. The lowest BCUT2D eigenvalue weighted by molar-refractivity contribution is -0.139. The number of ether oxygens (including phenoxy) is 1. The molecule has 0 amide bonds. The van der Waals surface area contributed by atoms with Crippen LogP contribution in [0.25, 0.3) is 0 Å². The quantitative estimate of drug-likeness (QED) is 0.487. The van der Waals surface area contributed by atoms with Crippen molar-refractivity contribution in [2.75, 3.05) is 6.61 Å². The molecule has 0 bridgehead atoms. The summed E-state index contributed by atoms with van der Waals surface area (Å²) in [5.74, 6) is 4.21. The maximum atomic E-state index is 11.1. The highest BCUT2D eigenvalue weighted by molar-refractivity contribution is 5.66. The molecule has 4 fully saturated rings. The van der Waals surface area contributed by atoms with Gasteiger partial charge in [0, 0.05) is 13.0 Å². The van der Waals surface area contributed by atoms with E-state index >= 15 is 0 Å². The highest BCUT2D eigenvalue weighted by Gasteiger charge is 2.60. The van der Waals surface area contributed by atoms with Gasteiger partial charge in [0.2, 0.25) is 0 Å². The van der Waals surface area contributed by atoms with E-state index in [4.69, 9.17) is 9.84 Å². The zero-order valence-electron chi connectivity index (χ0n) is 20.0. The largest absolute Gasteiger partial charge is 0.481 e. The second-order valence-corrected chi connectivity index (χ2v) is 12.1. The Morgan fingerprint density at radius 2 is 1.77 bits per heavy atom. The first-order chi connectivity index (χ1) is 14.3. The molecule has 0 spiro atoms. The minimum Gasteiger partial charge on any atom is -0.481 e. The highest BCUT2D eigenvalue weighted by atomic mass is 16.5. The van der Waals surface area contributed by atoms with Crippen molar-refractivity contribution in [1.29, 1.82) is 0 Å². The number of carboxylic acid groups (broad SMARTS) is 1. The van der Waals surface area contributed by atoms with Crippen molar-refractivity contribution in [1.82, 2.24) is 0 Å². The number of fused-ring (bicyclic) bond motifs is 5. The van der Waals surface area contributed by atoms with Crippen LogP contribution in [0.15, 0.2) is 0 Å². The third-order valence-electron chi connectivity index (χ3n) is 10.7. The van der Waals surface area contributed by atoms with Crippen LogP contribution in [-0.4, -0.2) is 23.8 Å². The minimum atomic E-state index is -0.630. The molecule has 1 N–H and O–H groups in total. The van der Waals surface area contributed by atoms with E-state index in [0.717, 1.165) is 49.0 Å². The molecule has 4 rings (SSSR count). The second-order valence-electron chi connectivity index (χ2n) is 12.1. The van der Waals surface area contributed by atoms with E-state index in [1.165, 1.54) is 57.8 Å². The van der Waals surface area contributed by atoms with Crippen molar-refractivity contribution in [3.8, 4) is 0 Å². The first-order valence-corrected chi connectivity index (χ1v) is 13.1. The molecule has 0 aromatic carbocycles. The SMILES string of the molecule is CCCO[C@H]1CC[C@@]2(C)[C@H](CC[C@@H]3[C@@H]2CC[C@]2(C)[C@@H]([C@H](C)CCC(=O)O)CC[C@@H]32)C1. The maximum Gasteiger partial charge on any atom is 0.303 e. The molecule has 3 nitrogen and oxygen atoms in total. The Morgan fingerprint density at radius 1 is 1.03 bits per heavy atom. The Kier molecular flexibility index (Phi) is 6.60. The van der Waals surface area contributed by atoms with Crippen LogP contribution in [-0.2, 0) is 9.53 Å². The van der Waals surface area contributed by atoms with Gasteiger partial charge < -0.3 is 9.84 Å². The van der Waals surface area contributed by atoms with Crippen LogP contribution in [0, 0.1) is 46.3 Å². The number of aliphatic carboxylic acids is 1. The minimum absolute atomic E-state index is 0.339. The molecule has 0 unspecified atom stereocenters. The Balaban J connectivity index is 1.45. The zero-order chi connectivity index (χ0) is 21.5. The highest BCUT2D eigenvalue weighted by Crippen LogP contribution is 2.68. The monoisotopic (exact) mass is 418 g/mol. The summed E-state index contributed by atoms with van der Waals surface area (Å²) in [6, 6.07) is 0. The van der Waals surface area contributed by atoms with E-state index in [1.54, 1.807) is 0 Å². The summed E-state index contributed by atoms with van der Waals surface area (Å²) in [6.45, 7) is 10.7. The topological polar surface area (TPSA) is 46.5 Å². The van der Waals surface area contributed by atoms with Gasteiger partial charge in [-0.3, -0.25) is 4.79 Å². The van der Waals surface area contributed by atoms with Gasteiger partial charge in [-0.15, -0.1) is 0 Å². The van der Waals surface area contributed by atoms with Crippen molar-refractivity contribution >= 4 is 5.97 Å². The molecule has 0 heterocycles. The summed E-state index contributed by atoms with van der Waals surface area (Å²) >= 11 is 0. The fourth-order valence-corrected chi connectivity index (χ4v) is 9.18. The number of rotatable bonds is 7. The van der Waals surface area contributed by atoms with Gasteiger partial charge >= 0.3 is 5.97 Å². The lowest BCUT2D eigenvalue weighted by Crippen LogP contribution is -2.54. The second kappa shape index (κ2) is 8.75. The molecule has 9 atom stereocenters. The molecule has 3 heteroatoms. The van der Waals surface area contributed by atoms with E-state index < -0.39 is 5.97 Å². The van der Waals surface area contributed by atoms with Crippen LogP contribution in [0.1, 0.15) is 105 Å². The van der Waals surface area contributed by atoms with Gasteiger partial charge in [-0.25, -0.2) is 0 Å². The van der Waals surface area contributed by atoms with Gasteiger partial charge in [-0.1, -0.05) is 27.7 Å². The molecule has 172 valence electrons. The third-order valence-corrected chi connectivity index (χ3v) is 10.7. The summed E-state index contributed by atoms with van der Waals surface area (Å²) in [6.07, 6.45) is 15.1. The standard InChI is InChI=1S/C27H46O3/c1-5-16-30-20-12-14-26(3)19(17-20)7-8-21-23-10-9-22(18(2)6-11-25(28)29)27(23,4)15-13-24(21)26/h18-24H,5-17H2,1-4H3,(H,28,29)/t18-,19-,20+,21+,22-,23+,24+,26+,27-/m1/s1. The predicted octanol–water partition coefficient (Wildman–Crippen LogP) is 6.94. The van der Waals surface area contributed by atoms with Crippen LogP contribution in [0.5, 0.6) is 0 Å². The Hall–Kier alpha value is -0.570. The molecule has 30 heavy (non-hydrogen) atoms. The van der Waals surface area contributed by atoms with E-state index in [-0.39, 0.29) is 0 Å². The summed E-state index contributed by atoms with van der Waals surface area (Å²) < 4.78 is 6.19. The van der Waals surface area contributed by atoms with Gasteiger partial charge in [-0.2, -0.15) is 0 Å². The van der Waals surface area contributed by atoms with Crippen LogP contribution in [0.2, 0.25) is 0 Å². The van der Waals surface area contributed by atoms with Gasteiger partial charge in [0.1, 0.15) is 0 Å². The lowest BCUT2D eigenvalue weighted by Gasteiger charge is -2.61. The predicted molar refractivity (Wildman–Crippen MR) is 121 cm³/mol. The molecular formula is C27H46O3. The van der Waals surface area contributed by atoms with Gasteiger partial charge in [0.15, 0.2) is 0 Å². The van der Waals surface area contributed by atoms with Gasteiger partial charge in [-0.05, 0) is 117 Å². The van der Waals surface area contributed by atoms with E-state index in [1.807, 2.05) is 0 Å². The number of hydrogen-bond donors (Lipinski definition) is 1. The van der Waals surface area contributed by atoms with Crippen molar-refractivity contribution in [3.63, 3.8) is 0 Å². The lowest BCUT2D eigenvalue weighted by atomic mass is 9.44. The number of carbonyl (C=O) groups is 1. The van der Waals surface area contributed by atoms with E-state index in [0.29, 0.717) is 29.3 Å². The first-order valence-electron chi connectivity index (χ1n) is 13.1. The van der Waals surface area contributed by atoms with Crippen molar-refractivity contribution < 1.29 is 14.6 Å². The molecule has 4 aliphatic carbocycles. The van der Waals surface area contributed by atoms with Gasteiger partial charge in [0.25, 0.3) is 0 Å². The molecule has 0 aliphatic heterocycles. The Labute approximate surface area is 184 Å². The van der Waals surface area contributed by atoms with Gasteiger partial charge in [0.05, 0.1) is 6.10 Å². The molecule has 0 aromatic heterocycles. The Bertz CT molecular complexity index is 617. The van der Waals surface area contributed by atoms with Crippen molar-refractivity contribution in [2.45, 2.75) is 111 Å². The van der Waals surface area contributed by atoms with E-state index in [9.17, 15) is 4.79 Å². The maximum absolute atomic E-state index is 11.1. The van der Waals surface area contributed by atoms with Crippen LogP contribution in [0.4, 0.5) is 0 Å². The normalized spacial score (nSPS) is 46.5. The summed E-state index contributed by atoms with van der Waals surface area (Å²) in [5.41, 5.74) is 0.979. The molecule has 0 radical (unpaired) electrons. The zero-order valence-corrected chi connectivity index (χ0v) is 20.0. The van der Waals surface area contributed by atoms with Crippen molar-refractivity contribution in [2.24, 2.45) is 46.3 Å². The molecular weight excluding hydrogens is 372 g/mol. The fourth-order valence-electron chi connectivity index (χ4n) is 9.18. The van der Waals surface area contributed by atoms with Crippen LogP contribution >= 0.6 is 0 Å². The van der Waals surface area contributed by atoms with Crippen LogP contribution in [0.3, 0.4) is 0 Å². The van der Waals surface area contributed by atoms with Crippen molar-refractivity contribution in [3.05, 3.63) is 0 Å². The summed E-state index contributed by atoms with van der Waals surface area (Å²) in [5, 5.41) is 9.15. The summed E-state index contributed by atoms with van der Waals surface area (Å²) in [7, 11) is 0. The van der Waals surface area contributed by atoms with Crippen LogP contribution < -0.4 is 0 Å². The molecule has 0 saturated heterocycles. The van der Waals surface area contributed by atoms with E-state index in [2.05, 4.69) is 27.7 Å². The average molecular weight is 419 g/mol. The average Bonchev–Trinajstić information content (AvgIpc) is 3.07.